The molecular formula is C23H15ClN4O4. The Kier molecular flexibility index (Phi) is 4.84. The first-order chi connectivity index (χ1) is 15.5. The van der Waals surface area contributed by atoms with Gasteiger partial charge in [0.25, 0.3) is 11.4 Å². The molecule has 2 aromatic heterocycles. The summed E-state index contributed by atoms with van der Waals surface area (Å²) >= 11 is 6.03. The molecule has 9 heteroatoms. The number of rotatable bonds is 4. The third-order valence-corrected chi connectivity index (χ3v) is 5.22. The topological polar surface area (TPSA) is 103 Å². The van der Waals surface area contributed by atoms with Crippen molar-refractivity contribution in [3.63, 3.8) is 0 Å². The molecule has 0 bridgehead atoms. The van der Waals surface area contributed by atoms with Gasteiger partial charge in [-0.3, -0.25) is 4.79 Å². The summed E-state index contributed by atoms with van der Waals surface area (Å²) in [7, 11) is 1.54. The molecule has 2 heterocycles. The molecule has 5 aromatic rings. The minimum absolute atomic E-state index is 0.252. The van der Waals surface area contributed by atoms with Crippen LogP contribution in [-0.4, -0.2) is 26.8 Å². The van der Waals surface area contributed by atoms with Crippen molar-refractivity contribution in [3.05, 3.63) is 92.6 Å². The van der Waals surface area contributed by atoms with Gasteiger partial charge in [-0.2, -0.15) is 4.98 Å². The number of aromatic amines is 1. The number of methoxy groups -OCH3 is 1. The molecule has 0 saturated carbocycles. The molecule has 0 aliphatic rings. The smallest absolute Gasteiger partial charge is 0.333 e. The van der Waals surface area contributed by atoms with Gasteiger partial charge in [-0.1, -0.05) is 28.9 Å². The van der Waals surface area contributed by atoms with Crippen LogP contribution in [-0.2, 0) is 0 Å². The molecule has 0 unspecified atom stereocenters. The molecule has 0 saturated heterocycles. The second-order valence-electron chi connectivity index (χ2n) is 6.96. The Bertz CT molecular complexity index is 1570. The van der Waals surface area contributed by atoms with Gasteiger partial charge >= 0.3 is 5.69 Å². The van der Waals surface area contributed by atoms with Crippen LogP contribution in [0.25, 0.3) is 39.4 Å². The zero-order chi connectivity index (χ0) is 22.2. The zero-order valence-electron chi connectivity index (χ0n) is 16.7. The van der Waals surface area contributed by atoms with Crippen LogP contribution in [0.1, 0.15) is 0 Å². The van der Waals surface area contributed by atoms with Gasteiger partial charge in [-0.25, -0.2) is 9.36 Å². The van der Waals surface area contributed by atoms with Crippen molar-refractivity contribution in [1.29, 1.82) is 0 Å². The van der Waals surface area contributed by atoms with Crippen molar-refractivity contribution in [2.75, 3.05) is 7.11 Å². The lowest BCUT2D eigenvalue weighted by Crippen LogP contribution is -2.33. The van der Waals surface area contributed by atoms with E-state index in [2.05, 4.69) is 15.1 Å². The summed E-state index contributed by atoms with van der Waals surface area (Å²) in [5.41, 5.74) is 1.08. The molecule has 5 rings (SSSR count). The van der Waals surface area contributed by atoms with E-state index in [0.717, 1.165) is 4.57 Å². The molecular weight excluding hydrogens is 432 g/mol. The number of fused-ring (bicyclic) bond motifs is 1. The van der Waals surface area contributed by atoms with Gasteiger partial charge in [-0.15, -0.1) is 0 Å². The van der Waals surface area contributed by atoms with Crippen LogP contribution in [0, 0.1) is 0 Å². The number of hydrogen-bond acceptors (Lipinski definition) is 6. The lowest BCUT2D eigenvalue weighted by atomic mass is 10.1. The van der Waals surface area contributed by atoms with Gasteiger partial charge in [0.05, 0.1) is 23.7 Å². The number of nitrogens with zero attached hydrogens (tertiary/aromatic N) is 3. The Hall–Kier alpha value is -4.17. The van der Waals surface area contributed by atoms with Crippen molar-refractivity contribution in [3.8, 4) is 34.3 Å². The Morgan fingerprint density at radius 3 is 2.56 bits per heavy atom. The Morgan fingerprint density at radius 1 is 1.00 bits per heavy atom. The maximum absolute atomic E-state index is 13.0. The lowest BCUT2D eigenvalue weighted by Gasteiger charge is -2.08. The highest BCUT2D eigenvalue weighted by molar-refractivity contribution is 6.30. The van der Waals surface area contributed by atoms with E-state index in [0.29, 0.717) is 44.3 Å². The third-order valence-electron chi connectivity index (χ3n) is 4.98. The standard InChI is InChI=1S/C23H15ClN4O4/c1-31-17-8-6-16(7-9-17)28-22(29)18-10-5-14(12-19(18)25-23(28)30)21-26-20(27-32-21)13-3-2-4-15(24)11-13/h2-12H,1H3,(H,25,30). The minimum atomic E-state index is -0.560. The number of aromatic nitrogens is 4. The number of benzene rings is 3. The maximum Gasteiger partial charge on any atom is 0.333 e. The summed E-state index contributed by atoms with van der Waals surface area (Å²) in [4.78, 5) is 32.9. The van der Waals surface area contributed by atoms with Gasteiger partial charge < -0.3 is 14.2 Å². The molecule has 0 atom stereocenters. The third kappa shape index (κ3) is 3.46. The second-order valence-corrected chi connectivity index (χ2v) is 7.40. The summed E-state index contributed by atoms with van der Waals surface area (Å²) < 4.78 is 11.6. The molecule has 158 valence electrons. The first-order valence-electron chi connectivity index (χ1n) is 9.57. The van der Waals surface area contributed by atoms with Crippen molar-refractivity contribution in [2.24, 2.45) is 0 Å². The summed E-state index contributed by atoms with van der Waals surface area (Å²) in [6, 6.07) is 18.7. The predicted octanol–water partition coefficient (Wildman–Crippen LogP) is 4.06. The fraction of sp³-hybridized carbons (Fsp3) is 0.0435. The molecule has 3 aromatic carbocycles. The van der Waals surface area contributed by atoms with E-state index in [4.69, 9.17) is 20.9 Å². The summed E-state index contributed by atoms with van der Waals surface area (Å²) in [6.07, 6.45) is 0. The van der Waals surface area contributed by atoms with Crippen molar-refractivity contribution < 1.29 is 9.26 Å². The summed E-state index contributed by atoms with van der Waals surface area (Å²) in [5.74, 6) is 1.26. The van der Waals surface area contributed by atoms with Crippen LogP contribution in [0.5, 0.6) is 5.75 Å². The summed E-state index contributed by atoms with van der Waals surface area (Å²) in [5, 5.41) is 4.90. The summed E-state index contributed by atoms with van der Waals surface area (Å²) in [6.45, 7) is 0. The second kappa shape index (κ2) is 7.82. The largest absolute Gasteiger partial charge is 0.497 e. The highest BCUT2D eigenvalue weighted by Crippen LogP contribution is 2.25. The number of hydrogen-bond donors (Lipinski definition) is 1. The zero-order valence-corrected chi connectivity index (χ0v) is 17.5. The Labute approximate surface area is 185 Å². The Morgan fingerprint density at radius 2 is 1.81 bits per heavy atom. The molecule has 0 fully saturated rings. The predicted molar refractivity (Wildman–Crippen MR) is 120 cm³/mol. The van der Waals surface area contributed by atoms with Crippen molar-refractivity contribution in [1.82, 2.24) is 19.7 Å². The monoisotopic (exact) mass is 446 g/mol. The van der Waals surface area contributed by atoms with E-state index in [-0.39, 0.29) is 5.89 Å². The maximum atomic E-state index is 13.0. The molecule has 1 N–H and O–H groups in total. The SMILES string of the molecule is COc1ccc(-n2c(=O)[nH]c3cc(-c4nc(-c5cccc(Cl)c5)no4)ccc3c2=O)cc1. The van der Waals surface area contributed by atoms with Crippen LogP contribution in [0.3, 0.4) is 0 Å². The Balaban J connectivity index is 1.57. The number of H-pyrrole nitrogens is 1. The molecule has 0 amide bonds. The first kappa shape index (κ1) is 19.8. The van der Waals surface area contributed by atoms with E-state index in [1.807, 2.05) is 6.07 Å². The quantitative estimate of drug-likeness (QED) is 0.446. The number of nitrogens with one attached hydrogen (secondary N) is 1. The number of ether oxygens (including phenoxy) is 1. The molecule has 0 aliphatic heterocycles. The van der Waals surface area contributed by atoms with E-state index in [9.17, 15) is 9.59 Å². The molecule has 0 spiro atoms. The number of halogens is 1. The van der Waals surface area contributed by atoms with E-state index < -0.39 is 11.2 Å². The normalized spacial score (nSPS) is 11.1. The highest BCUT2D eigenvalue weighted by atomic mass is 35.5. The van der Waals surface area contributed by atoms with Crippen LogP contribution in [0.2, 0.25) is 5.02 Å². The first-order valence-corrected chi connectivity index (χ1v) is 9.95. The van der Waals surface area contributed by atoms with Gasteiger partial charge in [0, 0.05) is 16.1 Å². The fourth-order valence-corrected chi connectivity index (χ4v) is 3.59. The lowest BCUT2D eigenvalue weighted by molar-refractivity contribution is 0.414. The van der Waals surface area contributed by atoms with Crippen molar-refractivity contribution in [2.45, 2.75) is 0 Å². The highest BCUT2D eigenvalue weighted by Gasteiger charge is 2.14. The van der Waals surface area contributed by atoms with E-state index in [1.165, 1.54) is 0 Å². The minimum Gasteiger partial charge on any atom is -0.497 e. The van der Waals surface area contributed by atoms with E-state index in [1.54, 1.807) is 67.8 Å². The van der Waals surface area contributed by atoms with Gasteiger partial charge in [0.15, 0.2) is 0 Å². The van der Waals surface area contributed by atoms with Crippen LogP contribution in [0.4, 0.5) is 0 Å². The molecule has 32 heavy (non-hydrogen) atoms. The van der Waals surface area contributed by atoms with Crippen molar-refractivity contribution >= 4 is 22.5 Å². The van der Waals surface area contributed by atoms with Gasteiger partial charge in [0.1, 0.15) is 5.75 Å². The van der Waals surface area contributed by atoms with Gasteiger partial charge in [0.2, 0.25) is 5.82 Å². The fourth-order valence-electron chi connectivity index (χ4n) is 3.40. The molecule has 0 radical (unpaired) electrons. The van der Waals surface area contributed by atoms with Crippen LogP contribution >= 0.6 is 11.6 Å². The molecule has 0 aliphatic carbocycles. The van der Waals surface area contributed by atoms with E-state index >= 15 is 0 Å². The average Bonchev–Trinajstić information content (AvgIpc) is 3.30. The van der Waals surface area contributed by atoms with Crippen LogP contribution < -0.4 is 16.0 Å². The average molecular weight is 447 g/mol. The molecule has 8 nitrogen and oxygen atoms in total. The van der Waals surface area contributed by atoms with Crippen LogP contribution in [0.15, 0.2) is 80.8 Å². The van der Waals surface area contributed by atoms with Gasteiger partial charge in [-0.05, 0) is 54.6 Å².